The van der Waals surface area contributed by atoms with Crippen molar-refractivity contribution in [2.24, 2.45) is 5.92 Å². The summed E-state index contributed by atoms with van der Waals surface area (Å²) in [5.74, 6) is 0.849. The van der Waals surface area contributed by atoms with Gasteiger partial charge in [0.2, 0.25) is 0 Å². The van der Waals surface area contributed by atoms with Gasteiger partial charge in [0.05, 0.1) is 24.1 Å². The number of amides is 2. The van der Waals surface area contributed by atoms with Crippen LogP contribution in [0.4, 0.5) is 4.79 Å². The first kappa shape index (κ1) is 15.5. The number of aromatic nitrogens is 2. The third-order valence-corrected chi connectivity index (χ3v) is 3.96. The molecule has 0 spiro atoms. The van der Waals surface area contributed by atoms with E-state index in [9.17, 15) is 9.59 Å². The fourth-order valence-electron chi connectivity index (χ4n) is 2.62. The number of para-hydroxylation sites is 1. The molecule has 122 valence electrons. The average Bonchev–Trinajstić information content (AvgIpc) is 3.06. The van der Waals surface area contributed by atoms with Gasteiger partial charge >= 0.3 is 6.03 Å². The minimum absolute atomic E-state index is 0.187. The number of carbonyl (C=O) groups is 1. The molecule has 0 aliphatic carbocycles. The Morgan fingerprint density at radius 3 is 3.09 bits per heavy atom. The number of nitrogens with one attached hydrogen (secondary N) is 2. The third kappa shape index (κ3) is 3.68. The van der Waals surface area contributed by atoms with Crippen molar-refractivity contribution in [3.8, 4) is 0 Å². The molecule has 1 fully saturated rings. The average molecular weight is 316 g/mol. The first-order valence-electron chi connectivity index (χ1n) is 7.68. The molecule has 2 heterocycles. The van der Waals surface area contributed by atoms with Gasteiger partial charge in [-0.2, -0.15) is 0 Å². The van der Waals surface area contributed by atoms with Crippen LogP contribution in [-0.4, -0.2) is 47.7 Å². The van der Waals surface area contributed by atoms with E-state index in [1.807, 2.05) is 6.07 Å². The van der Waals surface area contributed by atoms with Crippen molar-refractivity contribution in [3.63, 3.8) is 0 Å². The molecule has 1 atom stereocenters. The Balaban J connectivity index is 1.63. The predicted molar refractivity (Wildman–Crippen MR) is 86.2 cm³/mol. The Bertz CT molecular complexity index is 752. The first-order chi connectivity index (χ1) is 11.1. The maximum atomic E-state index is 12.1. The quantitative estimate of drug-likeness (QED) is 0.884. The van der Waals surface area contributed by atoms with Gasteiger partial charge in [0, 0.05) is 26.1 Å². The standard InChI is InChI=1S/C16H20N4O3/c1-20(16(22)17-8-11-6-7-23-10-11)9-14-18-13-5-3-2-4-12(13)15(21)19-14/h2-5,11H,6-10H2,1H3,(H,17,22)(H,18,19,21)/t11-/m1/s1. The summed E-state index contributed by atoms with van der Waals surface area (Å²) in [4.78, 5) is 32.8. The second-order valence-corrected chi connectivity index (χ2v) is 5.80. The van der Waals surface area contributed by atoms with E-state index in [1.54, 1.807) is 25.2 Å². The molecule has 7 heteroatoms. The summed E-state index contributed by atoms with van der Waals surface area (Å²) in [6, 6.07) is 6.95. The first-order valence-corrected chi connectivity index (χ1v) is 7.68. The Labute approximate surface area is 133 Å². The monoisotopic (exact) mass is 316 g/mol. The zero-order valence-corrected chi connectivity index (χ0v) is 13.0. The fraction of sp³-hybridized carbons (Fsp3) is 0.438. The summed E-state index contributed by atoms with van der Waals surface area (Å²) in [6.45, 7) is 2.31. The van der Waals surface area contributed by atoms with Gasteiger partial charge in [-0.25, -0.2) is 9.78 Å². The Morgan fingerprint density at radius 2 is 2.30 bits per heavy atom. The molecule has 2 aromatic rings. The number of H-pyrrole nitrogens is 1. The van der Waals surface area contributed by atoms with Gasteiger partial charge in [-0.3, -0.25) is 4.79 Å². The van der Waals surface area contributed by atoms with Crippen LogP contribution in [-0.2, 0) is 11.3 Å². The molecule has 7 nitrogen and oxygen atoms in total. The van der Waals surface area contributed by atoms with E-state index in [2.05, 4.69) is 15.3 Å². The minimum Gasteiger partial charge on any atom is -0.381 e. The molecule has 1 saturated heterocycles. The molecule has 0 bridgehead atoms. The summed E-state index contributed by atoms with van der Waals surface area (Å²) >= 11 is 0. The number of nitrogens with zero attached hydrogens (tertiary/aromatic N) is 2. The van der Waals surface area contributed by atoms with E-state index in [-0.39, 0.29) is 18.1 Å². The number of aromatic amines is 1. The maximum absolute atomic E-state index is 12.1. The molecule has 23 heavy (non-hydrogen) atoms. The van der Waals surface area contributed by atoms with Gasteiger partial charge in [0.1, 0.15) is 5.82 Å². The second-order valence-electron chi connectivity index (χ2n) is 5.80. The molecule has 0 saturated carbocycles. The van der Waals surface area contributed by atoms with Crippen LogP contribution in [0.15, 0.2) is 29.1 Å². The van der Waals surface area contributed by atoms with E-state index >= 15 is 0 Å². The van der Waals surface area contributed by atoms with Crippen LogP contribution in [0.2, 0.25) is 0 Å². The molecule has 1 aromatic heterocycles. The summed E-state index contributed by atoms with van der Waals surface area (Å²) in [7, 11) is 1.68. The van der Waals surface area contributed by atoms with Gasteiger partial charge in [-0.15, -0.1) is 0 Å². The van der Waals surface area contributed by atoms with Gasteiger partial charge in [0.25, 0.3) is 5.56 Å². The minimum atomic E-state index is -0.192. The van der Waals surface area contributed by atoms with Gasteiger partial charge in [-0.1, -0.05) is 12.1 Å². The number of hydrogen-bond donors (Lipinski definition) is 2. The number of rotatable bonds is 4. The van der Waals surface area contributed by atoms with Crippen molar-refractivity contribution < 1.29 is 9.53 Å². The summed E-state index contributed by atoms with van der Waals surface area (Å²) < 4.78 is 5.28. The second kappa shape index (κ2) is 6.78. The van der Waals surface area contributed by atoms with E-state index < -0.39 is 0 Å². The van der Waals surface area contributed by atoms with Gasteiger partial charge < -0.3 is 19.9 Å². The molecule has 0 unspecified atom stereocenters. The SMILES string of the molecule is CN(Cc1nc2ccccc2c(=O)[nH]1)C(=O)NC[C@H]1CCOC1. The molecule has 2 N–H and O–H groups in total. The zero-order valence-electron chi connectivity index (χ0n) is 13.0. The van der Waals surface area contributed by atoms with Crippen molar-refractivity contribution in [1.82, 2.24) is 20.2 Å². The van der Waals surface area contributed by atoms with Crippen LogP contribution >= 0.6 is 0 Å². The van der Waals surface area contributed by atoms with Crippen LogP contribution in [0.5, 0.6) is 0 Å². The number of benzene rings is 1. The van der Waals surface area contributed by atoms with Crippen LogP contribution in [0, 0.1) is 5.92 Å². The predicted octanol–water partition coefficient (Wildman–Crippen LogP) is 1.10. The smallest absolute Gasteiger partial charge is 0.317 e. The van der Waals surface area contributed by atoms with Crippen molar-refractivity contribution in [1.29, 1.82) is 0 Å². The number of fused-ring (bicyclic) bond motifs is 1. The lowest BCUT2D eigenvalue weighted by molar-refractivity contribution is 0.182. The molecule has 1 aliphatic rings. The highest BCUT2D eigenvalue weighted by atomic mass is 16.5. The lowest BCUT2D eigenvalue weighted by Crippen LogP contribution is -2.39. The number of urea groups is 1. The highest BCUT2D eigenvalue weighted by molar-refractivity contribution is 5.77. The lowest BCUT2D eigenvalue weighted by Gasteiger charge is -2.18. The third-order valence-electron chi connectivity index (χ3n) is 3.96. The van der Waals surface area contributed by atoms with Gasteiger partial charge in [-0.05, 0) is 18.6 Å². The van der Waals surface area contributed by atoms with E-state index in [0.717, 1.165) is 13.0 Å². The summed E-state index contributed by atoms with van der Waals surface area (Å²) in [6.07, 6.45) is 0.976. The van der Waals surface area contributed by atoms with E-state index in [1.165, 1.54) is 4.90 Å². The van der Waals surface area contributed by atoms with Crippen molar-refractivity contribution >= 4 is 16.9 Å². The van der Waals surface area contributed by atoms with Crippen LogP contribution < -0.4 is 10.9 Å². The molecule has 3 rings (SSSR count). The summed E-state index contributed by atoms with van der Waals surface area (Å²) in [5.41, 5.74) is 0.436. The highest BCUT2D eigenvalue weighted by Gasteiger charge is 2.18. The number of ether oxygens (including phenoxy) is 1. The normalized spacial score (nSPS) is 17.3. The van der Waals surface area contributed by atoms with Crippen molar-refractivity contribution in [3.05, 3.63) is 40.4 Å². The molecule has 0 radical (unpaired) electrons. The summed E-state index contributed by atoms with van der Waals surface area (Å²) in [5, 5.41) is 3.43. The largest absolute Gasteiger partial charge is 0.381 e. The molecular weight excluding hydrogens is 296 g/mol. The van der Waals surface area contributed by atoms with Crippen molar-refractivity contribution in [2.45, 2.75) is 13.0 Å². The van der Waals surface area contributed by atoms with Gasteiger partial charge in [0.15, 0.2) is 0 Å². The lowest BCUT2D eigenvalue weighted by atomic mass is 10.1. The maximum Gasteiger partial charge on any atom is 0.317 e. The molecule has 1 aliphatic heterocycles. The molecule has 1 aromatic carbocycles. The fourth-order valence-corrected chi connectivity index (χ4v) is 2.62. The zero-order chi connectivity index (χ0) is 16.2. The number of carbonyl (C=O) groups excluding carboxylic acids is 1. The number of hydrogen-bond acceptors (Lipinski definition) is 4. The highest BCUT2D eigenvalue weighted by Crippen LogP contribution is 2.11. The molecule has 2 amide bonds. The Hall–Kier alpha value is -2.41. The van der Waals surface area contributed by atoms with Crippen LogP contribution in [0.25, 0.3) is 10.9 Å². The van der Waals surface area contributed by atoms with E-state index in [4.69, 9.17) is 4.74 Å². The van der Waals surface area contributed by atoms with Crippen LogP contribution in [0.3, 0.4) is 0 Å². The van der Waals surface area contributed by atoms with Crippen LogP contribution in [0.1, 0.15) is 12.2 Å². The topological polar surface area (TPSA) is 87.3 Å². The van der Waals surface area contributed by atoms with Crippen molar-refractivity contribution in [2.75, 3.05) is 26.8 Å². The van der Waals surface area contributed by atoms with E-state index in [0.29, 0.717) is 35.8 Å². The Morgan fingerprint density at radius 1 is 1.48 bits per heavy atom. The Kier molecular flexibility index (Phi) is 4.57. The molecular formula is C16H20N4O3.